The molecule has 1 rings (SSSR count). The molecule has 0 N–H and O–H groups in total. The number of pyridine rings is 1. The summed E-state index contributed by atoms with van der Waals surface area (Å²) in [6.45, 7) is 4.57. The quantitative estimate of drug-likeness (QED) is 0.825. The van der Waals surface area contributed by atoms with Gasteiger partial charge >= 0.3 is 0 Å². The van der Waals surface area contributed by atoms with Gasteiger partial charge < -0.3 is 9.64 Å². The zero-order valence-corrected chi connectivity index (χ0v) is 12.0. The van der Waals surface area contributed by atoms with E-state index in [1.54, 1.807) is 13.3 Å². The lowest BCUT2D eigenvalue weighted by Gasteiger charge is -2.22. The first-order chi connectivity index (χ1) is 7.19. The highest BCUT2D eigenvalue weighted by atomic mass is 79.9. The van der Waals surface area contributed by atoms with Gasteiger partial charge in [0, 0.05) is 30.9 Å². The van der Waals surface area contributed by atoms with Crippen LogP contribution in [0.15, 0.2) is 21.2 Å². The predicted octanol–water partition coefficient (Wildman–Crippen LogP) is 3.08. The van der Waals surface area contributed by atoms with Crippen molar-refractivity contribution in [3.63, 3.8) is 0 Å². The molecule has 1 aromatic rings. The molecule has 0 radical (unpaired) electrons. The first-order valence-electron chi connectivity index (χ1n) is 4.74. The summed E-state index contributed by atoms with van der Waals surface area (Å²) in [4.78, 5) is 6.55. The van der Waals surface area contributed by atoms with Gasteiger partial charge in [0.2, 0.25) is 0 Å². The number of methoxy groups -OCH3 is 1. The molecule has 0 aliphatic heterocycles. The van der Waals surface area contributed by atoms with Crippen LogP contribution in [0.1, 0.15) is 6.92 Å². The Kier molecular flexibility index (Phi) is 5.56. The molecular formula is C10H14Br2N2O. The fourth-order valence-corrected chi connectivity index (χ4v) is 2.49. The lowest BCUT2D eigenvalue weighted by molar-refractivity contribution is 0.205. The molecule has 3 nitrogen and oxygen atoms in total. The largest absolute Gasteiger partial charge is 0.383 e. The normalized spacial score (nSPS) is 10.4. The topological polar surface area (TPSA) is 25.4 Å². The minimum absolute atomic E-state index is 0.706. The van der Waals surface area contributed by atoms with E-state index >= 15 is 0 Å². The van der Waals surface area contributed by atoms with E-state index in [-0.39, 0.29) is 0 Å². The van der Waals surface area contributed by atoms with Gasteiger partial charge in [0.25, 0.3) is 0 Å². The molecular weight excluding hydrogens is 324 g/mol. The second-order valence-electron chi connectivity index (χ2n) is 3.03. The maximum absolute atomic E-state index is 5.07. The van der Waals surface area contributed by atoms with Gasteiger partial charge in [0.05, 0.1) is 11.1 Å². The number of likely N-dealkylation sites (N-methyl/N-ethyl adjacent to an activating group) is 1. The van der Waals surface area contributed by atoms with Crippen LogP contribution >= 0.6 is 31.9 Å². The van der Waals surface area contributed by atoms with Crippen molar-refractivity contribution in [3.05, 3.63) is 21.2 Å². The Balaban J connectivity index is 2.81. The molecule has 0 atom stereocenters. The first kappa shape index (κ1) is 12.9. The summed E-state index contributed by atoms with van der Waals surface area (Å²) >= 11 is 6.89. The highest BCUT2D eigenvalue weighted by Gasteiger charge is 2.09. The molecule has 0 bridgehead atoms. The van der Waals surface area contributed by atoms with Crippen LogP contribution in [-0.2, 0) is 4.74 Å². The van der Waals surface area contributed by atoms with Crippen molar-refractivity contribution >= 4 is 37.7 Å². The molecule has 0 fully saturated rings. The van der Waals surface area contributed by atoms with Gasteiger partial charge in [0.15, 0.2) is 0 Å². The Bertz CT molecular complexity index is 320. The van der Waals surface area contributed by atoms with Crippen molar-refractivity contribution in [2.24, 2.45) is 0 Å². The fraction of sp³-hybridized carbons (Fsp3) is 0.500. The third-order valence-corrected chi connectivity index (χ3v) is 3.05. The van der Waals surface area contributed by atoms with Crippen molar-refractivity contribution in [2.45, 2.75) is 6.92 Å². The number of ether oxygens (including phenoxy) is 1. The van der Waals surface area contributed by atoms with Crippen LogP contribution in [0.25, 0.3) is 0 Å². The van der Waals surface area contributed by atoms with E-state index in [0.29, 0.717) is 6.61 Å². The summed E-state index contributed by atoms with van der Waals surface area (Å²) in [7, 11) is 1.71. The maximum Gasteiger partial charge on any atom is 0.143 e. The van der Waals surface area contributed by atoms with Gasteiger partial charge in [-0.1, -0.05) is 0 Å². The summed E-state index contributed by atoms with van der Waals surface area (Å²) in [6.07, 6.45) is 1.80. The van der Waals surface area contributed by atoms with E-state index in [2.05, 4.69) is 48.7 Å². The van der Waals surface area contributed by atoms with Crippen molar-refractivity contribution in [3.8, 4) is 0 Å². The molecule has 15 heavy (non-hydrogen) atoms. The molecule has 0 aliphatic rings. The van der Waals surface area contributed by atoms with Crippen LogP contribution in [0.2, 0.25) is 0 Å². The smallest absolute Gasteiger partial charge is 0.143 e. The van der Waals surface area contributed by atoms with E-state index < -0.39 is 0 Å². The van der Waals surface area contributed by atoms with Gasteiger partial charge in [-0.05, 0) is 44.8 Å². The van der Waals surface area contributed by atoms with Crippen molar-refractivity contribution in [1.82, 2.24) is 4.98 Å². The van der Waals surface area contributed by atoms with E-state index in [9.17, 15) is 0 Å². The number of anilines is 1. The number of hydrogen-bond acceptors (Lipinski definition) is 3. The molecule has 84 valence electrons. The Hall–Kier alpha value is -0.130. The van der Waals surface area contributed by atoms with Crippen molar-refractivity contribution in [1.29, 1.82) is 0 Å². The molecule has 0 aromatic carbocycles. The highest BCUT2D eigenvalue weighted by Crippen LogP contribution is 2.26. The number of halogens is 2. The molecule has 0 saturated carbocycles. The van der Waals surface area contributed by atoms with Crippen LogP contribution in [0.3, 0.4) is 0 Å². The molecule has 1 aromatic heterocycles. The van der Waals surface area contributed by atoms with Crippen LogP contribution < -0.4 is 4.90 Å². The Morgan fingerprint density at radius 3 is 2.73 bits per heavy atom. The predicted molar refractivity (Wildman–Crippen MR) is 69.4 cm³/mol. The van der Waals surface area contributed by atoms with Gasteiger partial charge in [-0.2, -0.15) is 0 Å². The van der Waals surface area contributed by atoms with E-state index in [1.165, 1.54) is 0 Å². The number of rotatable bonds is 5. The monoisotopic (exact) mass is 336 g/mol. The second-order valence-corrected chi connectivity index (χ2v) is 4.80. The molecule has 0 spiro atoms. The summed E-state index contributed by atoms with van der Waals surface area (Å²) in [5.41, 5.74) is 0. The summed E-state index contributed by atoms with van der Waals surface area (Å²) in [5, 5.41) is 0. The van der Waals surface area contributed by atoms with E-state index in [0.717, 1.165) is 27.9 Å². The van der Waals surface area contributed by atoms with Crippen molar-refractivity contribution in [2.75, 3.05) is 31.7 Å². The maximum atomic E-state index is 5.07. The average Bonchev–Trinajstić information content (AvgIpc) is 2.21. The Morgan fingerprint density at radius 1 is 1.47 bits per heavy atom. The zero-order chi connectivity index (χ0) is 11.3. The number of hydrogen-bond donors (Lipinski definition) is 0. The zero-order valence-electron chi connectivity index (χ0n) is 8.83. The third kappa shape index (κ3) is 3.74. The summed E-state index contributed by atoms with van der Waals surface area (Å²) in [6, 6.07) is 2.00. The highest BCUT2D eigenvalue weighted by molar-refractivity contribution is 9.11. The molecule has 0 saturated heterocycles. The standard InChI is InChI=1S/C10H14Br2N2O/c1-3-14(4-5-15-2)10-9(12)6-8(11)7-13-10/h6-7H,3-5H2,1-2H3. The Labute approximate surface area is 107 Å². The van der Waals surface area contributed by atoms with Crippen LogP contribution in [-0.4, -0.2) is 31.8 Å². The van der Waals surface area contributed by atoms with Crippen LogP contribution in [0.5, 0.6) is 0 Å². The van der Waals surface area contributed by atoms with Crippen LogP contribution in [0, 0.1) is 0 Å². The average molecular weight is 338 g/mol. The number of aromatic nitrogens is 1. The van der Waals surface area contributed by atoms with E-state index in [1.807, 2.05) is 6.07 Å². The molecule has 0 unspecified atom stereocenters. The SMILES string of the molecule is CCN(CCOC)c1ncc(Br)cc1Br. The molecule has 0 aliphatic carbocycles. The van der Waals surface area contributed by atoms with E-state index in [4.69, 9.17) is 4.74 Å². The molecule has 1 heterocycles. The molecule has 5 heteroatoms. The lowest BCUT2D eigenvalue weighted by Crippen LogP contribution is -2.27. The van der Waals surface area contributed by atoms with Gasteiger partial charge in [-0.25, -0.2) is 4.98 Å². The summed E-state index contributed by atoms with van der Waals surface area (Å²) in [5.74, 6) is 0.956. The second kappa shape index (κ2) is 6.45. The van der Waals surface area contributed by atoms with Gasteiger partial charge in [0.1, 0.15) is 5.82 Å². The minimum atomic E-state index is 0.706. The van der Waals surface area contributed by atoms with Crippen molar-refractivity contribution < 1.29 is 4.74 Å². The minimum Gasteiger partial charge on any atom is -0.383 e. The van der Waals surface area contributed by atoms with Crippen LogP contribution in [0.4, 0.5) is 5.82 Å². The molecule has 0 amide bonds. The Morgan fingerprint density at radius 2 is 2.20 bits per heavy atom. The first-order valence-corrected chi connectivity index (χ1v) is 6.32. The summed E-state index contributed by atoms with van der Waals surface area (Å²) < 4.78 is 7.03. The van der Waals surface area contributed by atoms with Gasteiger partial charge in [-0.3, -0.25) is 0 Å². The number of nitrogens with zero attached hydrogens (tertiary/aromatic N) is 2. The third-order valence-electron chi connectivity index (χ3n) is 2.03. The fourth-order valence-electron chi connectivity index (χ4n) is 1.26. The van der Waals surface area contributed by atoms with Gasteiger partial charge in [-0.15, -0.1) is 0 Å². The lowest BCUT2D eigenvalue weighted by atomic mass is 10.4.